The van der Waals surface area contributed by atoms with Crippen LogP contribution in [0, 0.1) is 6.92 Å². The smallest absolute Gasteiger partial charge is 0.323 e. The van der Waals surface area contributed by atoms with E-state index < -0.39 is 0 Å². The molecule has 0 radical (unpaired) electrons. The molecule has 126 valence electrons. The number of urea groups is 1. The molecule has 0 aromatic heterocycles. The molecule has 24 heavy (non-hydrogen) atoms. The van der Waals surface area contributed by atoms with Crippen molar-refractivity contribution in [2.24, 2.45) is 5.73 Å². The van der Waals surface area contributed by atoms with E-state index >= 15 is 0 Å². The molecule has 5 N–H and O–H groups in total. The molecule has 0 aliphatic rings. The van der Waals surface area contributed by atoms with Crippen LogP contribution in [-0.2, 0) is 4.79 Å². The molecular weight excluding hydrogens is 304 g/mol. The van der Waals surface area contributed by atoms with E-state index in [2.05, 4.69) is 16.0 Å². The van der Waals surface area contributed by atoms with Crippen LogP contribution in [0.1, 0.15) is 18.4 Å². The van der Waals surface area contributed by atoms with Gasteiger partial charge in [0.15, 0.2) is 0 Å². The summed E-state index contributed by atoms with van der Waals surface area (Å²) in [4.78, 5) is 23.9. The number of para-hydroxylation sites is 1. The first-order chi connectivity index (χ1) is 11.6. The summed E-state index contributed by atoms with van der Waals surface area (Å²) < 4.78 is 0. The van der Waals surface area contributed by atoms with Crippen molar-refractivity contribution in [3.8, 4) is 0 Å². The molecule has 2 aromatic carbocycles. The van der Waals surface area contributed by atoms with Crippen molar-refractivity contribution < 1.29 is 9.59 Å². The molecule has 0 unspecified atom stereocenters. The topological polar surface area (TPSA) is 96.2 Å². The van der Waals surface area contributed by atoms with Gasteiger partial charge in [-0.25, -0.2) is 4.79 Å². The van der Waals surface area contributed by atoms with Crippen LogP contribution in [0.25, 0.3) is 0 Å². The normalized spacial score (nSPS) is 10.1. The quantitative estimate of drug-likeness (QED) is 0.655. The summed E-state index contributed by atoms with van der Waals surface area (Å²) in [5, 5.41) is 8.34. The van der Waals surface area contributed by atoms with Crippen LogP contribution >= 0.6 is 0 Å². The van der Waals surface area contributed by atoms with Gasteiger partial charge in [0, 0.05) is 23.5 Å². The number of carbonyl (C=O) groups excluding carboxylic acids is 2. The first-order valence-corrected chi connectivity index (χ1v) is 7.82. The molecule has 0 bridgehead atoms. The minimum Gasteiger partial charge on any atom is -0.330 e. The lowest BCUT2D eigenvalue weighted by atomic mass is 10.1. The predicted molar refractivity (Wildman–Crippen MR) is 97.2 cm³/mol. The molecule has 0 saturated heterocycles. The number of hydrogen-bond acceptors (Lipinski definition) is 3. The van der Waals surface area contributed by atoms with Crippen molar-refractivity contribution in [2.75, 3.05) is 22.5 Å². The van der Waals surface area contributed by atoms with Crippen LogP contribution in [0.3, 0.4) is 0 Å². The monoisotopic (exact) mass is 326 g/mol. The zero-order valence-electron chi connectivity index (χ0n) is 13.6. The molecule has 0 saturated carbocycles. The highest BCUT2D eigenvalue weighted by Gasteiger charge is 2.07. The van der Waals surface area contributed by atoms with E-state index in [-0.39, 0.29) is 11.9 Å². The Balaban J connectivity index is 1.99. The van der Waals surface area contributed by atoms with E-state index in [1.54, 1.807) is 24.3 Å². The summed E-state index contributed by atoms with van der Waals surface area (Å²) in [6, 6.07) is 14.2. The van der Waals surface area contributed by atoms with Gasteiger partial charge in [-0.1, -0.05) is 24.3 Å². The lowest BCUT2D eigenvalue weighted by Gasteiger charge is -2.12. The number of rotatable bonds is 6. The second-order valence-electron chi connectivity index (χ2n) is 5.42. The Kier molecular flexibility index (Phi) is 6.33. The standard InChI is InChI=1S/C18H22N4O2/c1-13-9-10-15(12-16(13)22-17(23)8-5-11-19)21-18(24)20-14-6-3-2-4-7-14/h2-4,6-7,9-10,12H,5,8,11,19H2,1H3,(H,22,23)(H2,20,21,24). The highest BCUT2D eigenvalue weighted by atomic mass is 16.2. The molecule has 2 aromatic rings. The first kappa shape index (κ1) is 17.5. The molecule has 2 rings (SSSR count). The Hall–Kier alpha value is -2.86. The number of anilines is 3. The minimum atomic E-state index is -0.342. The zero-order chi connectivity index (χ0) is 17.4. The third-order valence-electron chi connectivity index (χ3n) is 3.41. The Morgan fingerprint density at radius 3 is 2.38 bits per heavy atom. The Labute approximate surface area is 141 Å². The number of nitrogens with one attached hydrogen (secondary N) is 3. The minimum absolute atomic E-state index is 0.0885. The van der Waals surface area contributed by atoms with Crippen LogP contribution in [0.15, 0.2) is 48.5 Å². The highest BCUT2D eigenvalue weighted by molar-refractivity contribution is 6.00. The molecule has 3 amide bonds. The third kappa shape index (κ3) is 5.40. The number of benzene rings is 2. The van der Waals surface area contributed by atoms with Crippen LogP contribution in [0.2, 0.25) is 0 Å². The molecule has 0 aliphatic heterocycles. The SMILES string of the molecule is Cc1ccc(NC(=O)Nc2ccccc2)cc1NC(=O)CCCN. The maximum absolute atomic E-state index is 12.0. The average molecular weight is 326 g/mol. The average Bonchev–Trinajstić information content (AvgIpc) is 2.57. The van der Waals surface area contributed by atoms with E-state index in [1.807, 2.05) is 31.2 Å². The summed E-state index contributed by atoms with van der Waals surface area (Å²) in [6.45, 7) is 2.38. The van der Waals surface area contributed by atoms with Gasteiger partial charge in [0.05, 0.1) is 0 Å². The molecule has 0 heterocycles. The fraction of sp³-hybridized carbons (Fsp3) is 0.222. The van der Waals surface area contributed by atoms with E-state index in [1.165, 1.54) is 0 Å². The summed E-state index contributed by atoms with van der Waals surface area (Å²) in [5.41, 5.74) is 8.31. The molecule has 0 fully saturated rings. The molecule has 0 spiro atoms. The van der Waals surface area contributed by atoms with Gasteiger partial charge in [0.2, 0.25) is 5.91 Å². The fourth-order valence-corrected chi connectivity index (χ4v) is 2.12. The molecular formula is C18H22N4O2. The Morgan fingerprint density at radius 2 is 1.67 bits per heavy atom. The van der Waals surface area contributed by atoms with Crippen LogP contribution < -0.4 is 21.7 Å². The highest BCUT2D eigenvalue weighted by Crippen LogP contribution is 2.21. The predicted octanol–water partition coefficient (Wildman–Crippen LogP) is 3.32. The fourth-order valence-electron chi connectivity index (χ4n) is 2.12. The maximum atomic E-state index is 12.0. The number of carbonyl (C=O) groups is 2. The molecule has 0 atom stereocenters. The van der Waals surface area contributed by atoms with Crippen molar-refractivity contribution >= 4 is 29.0 Å². The number of amides is 3. The van der Waals surface area contributed by atoms with Gasteiger partial charge in [-0.05, 0) is 49.7 Å². The number of hydrogen-bond donors (Lipinski definition) is 4. The summed E-state index contributed by atoms with van der Waals surface area (Å²) in [6.07, 6.45) is 1.02. The van der Waals surface area contributed by atoms with Crippen molar-refractivity contribution in [1.29, 1.82) is 0 Å². The van der Waals surface area contributed by atoms with Crippen LogP contribution in [0.4, 0.5) is 21.9 Å². The van der Waals surface area contributed by atoms with Gasteiger partial charge in [0.25, 0.3) is 0 Å². The van der Waals surface area contributed by atoms with E-state index in [9.17, 15) is 9.59 Å². The lowest BCUT2D eigenvalue weighted by Crippen LogP contribution is -2.19. The van der Waals surface area contributed by atoms with Crippen LogP contribution in [0.5, 0.6) is 0 Å². The molecule has 6 heteroatoms. The van der Waals surface area contributed by atoms with E-state index in [0.29, 0.717) is 36.4 Å². The summed E-state index contributed by atoms with van der Waals surface area (Å²) in [5.74, 6) is -0.0885. The van der Waals surface area contributed by atoms with Crippen molar-refractivity contribution in [1.82, 2.24) is 0 Å². The zero-order valence-corrected chi connectivity index (χ0v) is 13.6. The largest absolute Gasteiger partial charge is 0.330 e. The molecule has 6 nitrogen and oxygen atoms in total. The Bertz CT molecular complexity index is 701. The first-order valence-electron chi connectivity index (χ1n) is 7.82. The van der Waals surface area contributed by atoms with Gasteiger partial charge < -0.3 is 21.7 Å². The maximum Gasteiger partial charge on any atom is 0.323 e. The second-order valence-corrected chi connectivity index (χ2v) is 5.42. The van der Waals surface area contributed by atoms with Gasteiger partial charge in [0.1, 0.15) is 0 Å². The summed E-state index contributed by atoms with van der Waals surface area (Å²) in [7, 11) is 0. The van der Waals surface area contributed by atoms with Crippen LogP contribution in [-0.4, -0.2) is 18.5 Å². The van der Waals surface area contributed by atoms with Gasteiger partial charge >= 0.3 is 6.03 Å². The summed E-state index contributed by atoms with van der Waals surface area (Å²) >= 11 is 0. The van der Waals surface area contributed by atoms with Crippen molar-refractivity contribution in [2.45, 2.75) is 19.8 Å². The second kappa shape index (κ2) is 8.69. The Morgan fingerprint density at radius 1 is 0.958 bits per heavy atom. The van der Waals surface area contributed by atoms with Crippen molar-refractivity contribution in [3.05, 3.63) is 54.1 Å². The molecule has 0 aliphatic carbocycles. The number of aryl methyl sites for hydroxylation is 1. The third-order valence-corrected chi connectivity index (χ3v) is 3.41. The van der Waals surface area contributed by atoms with E-state index in [4.69, 9.17) is 5.73 Å². The van der Waals surface area contributed by atoms with Gasteiger partial charge in [-0.3, -0.25) is 4.79 Å². The number of nitrogens with two attached hydrogens (primary N) is 1. The van der Waals surface area contributed by atoms with Gasteiger partial charge in [-0.2, -0.15) is 0 Å². The van der Waals surface area contributed by atoms with E-state index in [0.717, 1.165) is 5.56 Å². The lowest BCUT2D eigenvalue weighted by molar-refractivity contribution is -0.116. The van der Waals surface area contributed by atoms with Crippen molar-refractivity contribution in [3.63, 3.8) is 0 Å². The van der Waals surface area contributed by atoms with Gasteiger partial charge in [-0.15, -0.1) is 0 Å².